The molecule has 0 spiro atoms. The van der Waals surface area contributed by atoms with E-state index in [0.717, 1.165) is 0 Å². The van der Waals surface area contributed by atoms with Crippen LogP contribution in [0.3, 0.4) is 0 Å². The van der Waals surface area contributed by atoms with Crippen molar-refractivity contribution in [1.82, 2.24) is 15.4 Å². The molecule has 2 rings (SSSR count). The van der Waals surface area contributed by atoms with E-state index in [0.29, 0.717) is 17.2 Å². The number of nitrogens with zero attached hydrogens (tertiary/aromatic N) is 2. The Balaban J connectivity index is 2.14. The van der Waals surface area contributed by atoms with Crippen molar-refractivity contribution in [3.05, 3.63) is 23.7 Å². The third-order valence-corrected chi connectivity index (χ3v) is 1.76. The Bertz CT molecular complexity index is 487. The van der Waals surface area contributed by atoms with Crippen LogP contribution in [0.25, 0.3) is 0 Å². The first-order chi connectivity index (χ1) is 7.16. The summed E-state index contributed by atoms with van der Waals surface area (Å²) in [6.07, 6.45) is 1.40. The van der Waals surface area contributed by atoms with Crippen LogP contribution in [0.1, 0.15) is 16.2 Å². The molecule has 0 radical (unpaired) electrons. The van der Waals surface area contributed by atoms with Crippen LogP contribution in [0.15, 0.2) is 16.8 Å². The maximum atomic E-state index is 11.5. The molecule has 2 aromatic rings. The van der Waals surface area contributed by atoms with Gasteiger partial charge < -0.3 is 15.6 Å². The van der Waals surface area contributed by atoms with Crippen molar-refractivity contribution in [3.8, 4) is 0 Å². The van der Waals surface area contributed by atoms with E-state index >= 15 is 0 Å². The summed E-state index contributed by atoms with van der Waals surface area (Å²) in [4.78, 5) is 11.5. The molecular formula is C8H9N5O2. The molecule has 0 bridgehead atoms. The fourth-order valence-corrected chi connectivity index (χ4v) is 1.04. The van der Waals surface area contributed by atoms with Crippen molar-refractivity contribution in [2.45, 2.75) is 6.92 Å². The molecule has 2 aromatic heterocycles. The van der Waals surface area contributed by atoms with Gasteiger partial charge in [-0.25, -0.2) is 0 Å². The largest absolute Gasteiger partial charge is 0.394 e. The number of nitrogens with one attached hydrogen (secondary N) is 2. The highest BCUT2D eigenvalue weighted by atomic mass is 16.5. The number of H-pyrrole nitrogens is 1. The van der Waals surface area contributed by atoms with Crippen LogP contribution in [-0.2, 0) is 0 Å². The Hall–Kier alpha value is -2.31. The lowest BCUT2D eigenvalue weighted by Crippen LogP contribution is -2.12. The molecule has 2 heterocycles. The van der Waals surface area contributed by atoms with Crippen LogP contribution >= 0.6 is 0 Å². The molecule has 7 nitrogen and oxygen atoms in total. The number of nitrogens with two attached hydrogens (primary N) is 1. The molecule has 4 N–H and O–H groups in total. The average molecular weight is 207 g/mol. The van der Waals surface area contributed by atoms with Crippen LogP contribution in [-0.4, -0.2) is 21.3 Å². The first kappa shape index (κ1) is 9.25. The molecule has 0 aliphatic rings. The monoisotopic (exact) mass is 207 g/mol. The van der Waals surface area contributed by atoms with E-state index in [4.69, 9.17) is 10.3 Å². The molecule has 15 heavy (non-hydrogen) atoms. The molecule has 0 aromatic carbocycles. The summed E-state index contributed by atoms with van der Waals surface area (Å²) < 4.78 is 4.78. The zero-order valence-corrected chi connectivity index (χ0v) is 7.94. The fraction of sp³-hybridized carbons (Fsp3) is 0.125. The molecule has 1 amide bonds. The summed E-state index contributed by atoms with van der Waals surface area (Å²) >= 11 is 0. The van der Waals surface area contributed by atoms with E-state index in [1.807, 2.05) is 0 Å². The van der Waals surface area contributed by atoms with Crippen LogP contribution in [0.4, 0.5) is 11.5 Å². The third kappa shape index (κ3) is 1.80. The predicted molar refractivity (Wildman–Crippen MR) is 52.2 cm³/mol. The summed E-state index contributed by atoms with van der Waals surface area (Å²) in [5.74, 6) is 0.0436. The van der Waals surface area contributed by atoms with Crippen molar-refractivity contribution in [2.75, 3.05) is 11.1 Å². The van der Waals surface area contributed by atoms with E-state index in [1.165, 1.54) is 12.3 Å². The molecule has 0 atom stereocenters. The second-order valence-corrected chi connectivity index (χ2v) is 2.99. The average Bonchev–Trinajstić information content (AvgIpc) is 2.77. The highest BCUT2D eigenvalue weighted by molar-refractivity contribution is 6.03. The first-order valence-corrected chi connectivity index (χ1v) is 4.20. The summed E-state index contributed by atoms with van der Waals surface area (Å²) in [5.41, 5.74) is 6.51. The maximum Gasteiger partial charge on any atom is 0.295 e. The molecule has 78 valence electrons. The minimum absolute atomic E-state index is 0.126. The molecule has 0 aliphatic carbocycles. The molecule has 0 aliphatic heterocycles. The number of nitrogen functional groups attached to an aromatic ring is 1. The summed E-state index contributed by atoms with van der Waals surface area (Å²) in [6, 6.07) is 1.53. The van der Waals surface area contributed by atoms with Gasteiger partial charge in [-0.1, -0.05) is 5.16 Å². The Morgan fingerprint density at radius 2 is 2.47 bits per heavy atom. The van der Waals surface area contributed by atoms with Crippen molar-refractivity contribution < 1.29 is 9.32 Å². The van der Waals surface area contributed by atoms with Gasteiger partial charge in [0.25, 0.3) is 5.91 Å². The molecule has 0 saturated heterocycles. The third-order valence-electron chi connectivity index (χ3n) is 1.76. The topological polar surface area (TPSA) is 110 Å². The number of carbonyl (C=O) groups excluding carboxylic acids is 1. The highest BCUT2D eigenvalue weighted by Crippen LogP contribution is 2.14. The molecule has 0 unspecified atom stereocenters. The van der Waals surface area contributed by atoms with Crippen molar-refractivity contribution in [3.63, 3.8) is 0 Å². The first-order valence-electron chi connectivity index (χ1n) is 4.20. The smallest absolute Gasteiger partial charge is 0.295 e. The van der Waals surface area contributed by atoms with E-state index in [1.54, 1.807) is 6.92 Å². The zero-order chi connectivity index (χ0) is 10.8. The SMILES string of the molecule is Cc1cc(C(=O)Nc2[nH]ncc2N)on1. The van der Waals surface area contributed by atoms with Crippen LogP contribution < -0.4 is 11.1 Å². The summed E-state index contributed by atoms with van der Waals surface area (Å²) in [5, 5.41) is 12.3. The Kier molecular flexibility index (Phi) is 2.13. The zero-order valence-electron chi connectivity index (χ0n) is 7.94. The normalized spacial score (nSPS) is 10.2. The number of aryl methyl sites for hydroxylation is 1. The summed E-state index contributed by atoms with van der Waals surface area (Å²) in [6.45, 7) is 1.73. The predicted octanol–water partition coefficient (Wildman–Crippen LogP) is 0.541. The number of anilines is 2. The van der Waals surface area contributed by atoms with Gasteiger partial charge in [0.05, 0.1) is 17.6 Å². The standard InChI is InChI=1S/C8H9N5O2/c1-4-2-6(15-13-4)8(14)11-7-5(9)3-10-12-7/h2-3H,9H2,1H3,(H2,10,11,12,14). The fourth-order valence-electron chi connectivity index (χ4n) is 1.04. The number of hydrogen-bond acceptors (Lipinski definition) is 5. The number of amides is 1. The van der Waals surface area contributed by atoms with Gasteiger partial charge in [0, 0.05) is 6.07 Å². The molecule has 7 heteroatoms. The van der Waals surface area contributed by atoms with Gasteiger partial charge in [-0.2, -0.15) is 5.10 Å². The highest BCUT2D eigenvalue weighted by Gasteiger charge is 2.13. The Morgan fingerprint density at radius 1 is 1.67 bits per heavy atom. The van der Waals surface area contributed by atoms with Crippen molar-refractivity contribution in [2.24, 2.45) is 0 Å². The number of aromatic amines is 1. The molecule has 0 fully saturated rings. The van der Waals surface area contributed by atoms with Gasteiger partial charge in [0.1, 0.15) is 0 Å². The molecule has 0 saturated carbocycles. The van der Waals surface area contributed by atoms with Gasteiger partial charge in [0.2, 0.25) is 5.76 Å². The van der Waals surface area contributed by atoms with E-state index < -0.39 is 5.91 Å². The minimum atomic E-state index is -0.424. The van der Waals surface area contributed by atoms with E-state index in [2.05, 4.69) is 20.7 Å². The second-order valence-electron chi connectivity index (χ2n) is 2.99. The van der Waals surface area contributed by atoms with Crippen LogP contribution in [0, 0.1) is 6.92 Å². The van der Waals surface area contributed by atoms with Gasteiger partial charge in [-0.05, 0) is 6.92 Å². The second kappa shape index (κ2) is 3.45. The van der Waals surface area contributed by atoms with Crippen LogP contribution in [0.5, 0.6) is 0 Å². The minimum Gasteiger partial charge on any atom is -0.394 e. The van der Waals surface area contributed by atoms with E-state index in [-0.39, 0.29) is 5.76 Å². The van der Waals surface area contributed by atoms with Gasteiger partial charge >= 0.3 is 0 Å². The van der Waals surface area contributed by atoms with E-state index in [9.17, 15) is 4.79 Å². The van der Waals surface area contributed by atoms with Crippen molar-refractivity contribution in [1.29, 1.82) is 0 Å². The van der Waals surface area contributed by atoms with Crippen molar-refractivity contribution >= 4 is 17.4 Å². The molecular weight excluding hydrogens is 198 g/mol. The van der Waals surface area contributed by atoms with Gasteiger partial charge in [0.15, 0.2) is 5.82 Å². The number of hydrogen-bond donors (Lipinski definition) is 3. The quantitative estimate of drug-likeness (QED) is 0.665. The summed E-state index contributed by atoms with van der Waals surface area (Å²) in [7, 11) is 0. The van der Waals surface area contributed by atoms with Crippen LogP contribution in [0.2, 0.25) is 0 Å². The lowest BCUT2D eigenvalue weighted by Gasteiger charge is -1.98. The Morgan fingerprint density at radius 3 is 3.00 bits per heavy atom. The van der Waals surface area contributed by atoms with Gasteiger partial charge in [-0.15, -0.1) is 0 Å². The lowest BCUT2D eigenvalue weighted by molar-refractivity contribution is 0.0987. The Labute approximate surface area is 84.6 Å². The van der Waals surface area contributed by atoms with Gasteiger partial charge in [-0.3, -0.25) is 9.89 Å². The maximum absolute atomic E-state index is 11.5. The number of rotatable bonds is 2. The lowest BCUT2D eigenvalue weighted by atomic mass is 10.3. The number of carbonyl (C=O) groups is 1. The number of aromatic nitrogens is 3.